The number of carbonyl (C=O) groups is 1. The first-order valence-corrected chi connectivity index (χ1v) is 7.98. The highest BCUT2D eigenvalue weighted by atomic mass is 16.1. The van der Waals surface area contributed by atoms with Gasteiger partial charge in [-0.15, -0.1) is 0 Å². The molecule has 1 aliphatic rings. The Morgan fingerprint density at radius 1 is 1.45 bits per heavy atom. The van der Waals surface area contributed by atoms with Crippen molar-refractivity contribution in [2.45, 2.75) is 70.9 Å². The van der Waals surface area contributed by atoms with Crippen LogP contribution >= 0.6 is 0 Å². The van der Waals surface area contributed by atoms with E-state index < -0.39 is 0 Å². The minimum absolute atomic E-state index is 0.257. The van der Waals surface area contributed by atoms with Gasteiger partial charge in [0.15, 0.2) is 0 Å². The van der Waals surface area contributed by atoms with Gasteiger partial charge in [-0.2, -0.15) is 5.10 Å². The first-order chi connectivity index (χ1) is 9.69. The van der Waals surface area contributed by atoms with Crippen molar-refractivity contribution in [3.8, 4) is 0 Å². The van der Waals surface area contributed by atoms with E-state index in [0.717, 1.165) is 12.2 Å². The van der Waals surface area contributed by atoms with E-state index in [1.165, 1.54) is 32.1 Å². The molecule has 1 saturated carbocycles. The van der Waals surface area contributed by atoms with Crippen molar-refractivity contribution in [1.82, 2.24) is 15.1 Å². The first kappa shape index (κ1) is 15.2. The Bertz CT molecular complexity index is 421. The summed E-state index contributed by atoms with van der Waals surface area (Å²) in [6.45, 7) is 5.03. The number of Topliss-reactive ketones (excluding diaryl/α,β-unsaturated/α-hetero) is 1. The Labute approximate surface area is 121 Å². The van der Waals surface area contributed by atoms with Crippen molar-refractivity contribution in [3.63, 3.8) is 0 Å². The highest BCUT2D eigenvalue weighted by molar-refractivity contribution is 5.80. The summed E-state index contributed by atoms with van der Waals surface area (Å²) in [5, 5.41) is 7.88. The van der Waals surface area contributed by atoms with Crippen molar-refractivity contribution in [2.24, 2.45) is 0 Å². The Hall–Kier alpha value is -1.16. The second-order valence-electron chi connectivity index (χ2n) is 5.96. The summed E-state index contributed by atoms with van der Waals surface area (Å²) in [6, 6.07) is 2.81. The average molecular weight is 277 g/mol. The van der Waals surface area contributed by atoms with Crippen LogP contribution in [0.4, 0.5) is 0 Å². The molecule has 0 saturated heterocycles. The van der Waals surface area contributed by atoms with Crippen LogP contribution in [-0.4, -0.2) is 28.2 Å². The third kappa shape index (κ3) is 4.44. The lowest BCUT2D eigenvalue weighted by atomic mass is 9.96. The third-order valence-electron chi connectivity index (χ3n) is 4.08. The molecule has 4 nitrogen and oxygen atoms in total. The lowest BCUT2D eigenvalue weighted by Gasteiger charge is -2.21. The summed E-state index contributed by atoms with van der Waals surface area (Å²) in [4.78, 5) is 12.0. The molecule has 0 aliphatic heterocycles. The number of nitrogens with zero attached hydrogens (tertiary/aromatic N) is 2. The van der Waals surface area contributed by atoms with E-state index in [2.05, 4.69) is 28.9 Å². The monoisotopic (exact) mass is 277 g/mol. The normalized spacial score (nSPS) is 18.1. The second-order valence-corrected chi connectivity index (χ2v) is 5.96. The van der Waals surface area contributed by atoms with Crippen LogP contribution in [0.25, 0.3) is 0 Å². The van der Waals surface area contributed by atoms with Crippen LogP contribution in [0.15, 0.2) is 12.3 Å². The largest absolute Gasteiger partial charge is 0.314 e. The maximum atomic E-state index is 12.0. The molecule has 1 aromatic heterocycles. The van der Waals surface area contributed by atoms with Gasteiger partial charge in [0.2, 0.25) is 0 Å². The van der Waals surface area contributed by atoms with Crippen LogP contribution in [0, 0.1) is 0 Å². The van der Waals surface area contributed by atoms with Crippen LogP contribution < -0.4 is 5.32 Å². The summed E-state index contributed by atoms with van der Waals surface area (Å²) in [7, 11) is 0. The number of nitrogens with one attached hydrogen (secondary N) is 1. The van der Waals surface area contributed by atoms with Gasteiger partial charge in [0, 0.05) is 18.7 Å². The van der Waals surface area contributed by atoms with Crippen LogP contribution in [-0.2, 0) is 11.2 Å². The van der Waals surface area contributed by atoms with Gasteiger partial charge in [0.05, 0.1) is 18.2 Å². The first-order valence-electron chi connectivity index (χ1n) is 7.98. The van der Waals surface area contributed by atoms with Gasteiger partial charge in [0.1, 0.15) is 5.78 Å². The summed E-state index contributed by atoms with van der Waals surface area (Å²) in [5.74, 6) is 0.271. The van der Waals surface area contributed by atoms with Gasteiger partial charge in [0.25, 0.3) is 0 Å². The van der Waals surface area contributed by atoms with Crippen molar-refractivity contribution >= 4 is 5.78 Å². The summed E-state index contributed by atoms with van der Waals surface area (Å²) < 4.78 is 2.08. The zero-order chi connectivity index (χ0) is 14.4. The standard InChI is InChI=1S/C16H27N3O/c1-3-17-13(2)11-16(20)12-14-9-10-19(18-14)15-7-5-4-6-8-15/h9-10,13,15,17H,3-8,11-12H2,1-2H3. The van der Waals surface area contributed by atoms with Gasteiger partial charge < -0.3 is 5.32 Å². The molecule has 20 heavy (non-hydrogen) atoms. The lowest BCUT2D eigenvalue weighted by Crippen LogP contribution is -2.28. The van der Waals surface area contributed by atoms with Gasteiger partial charge >= 0.3 is 0 Å². The average Bonchev–Trinajstić information content (AvgIpc) is 2.88. The smallest absolute Gasteiger partial charge is 0.140 e. The van der Waals surface area contributed by atoms with Crippen LogP contribution in [0.5, 0.6) is 0 Å². The number of ketones is 1. The lowest BCUT2D eigenvalue weighted by molar-refractivity contribution is -0.118. The predicted molar refractivity (Wildman–Crippen MR) is 80.8 cm³/mol. The summed E-state index contributed by atoms with van der Waals surface area (Å²) in [5.41, 5.74) is 0.921. The van der Waals surface area contributed by atoms with Gasteiger partial charge in [-0.25, -0.2) is 0 Å². The molecule has 2 rings (SSSR count). The fraction of sp³-hybridized carbons (Fsp3) is 0.750. The molecule has 0 aromatic carbocycles. The SMILES string of the molecule is CCNC(C)CC(=O)Cc1ccn(C2CCCCC2)n1. The second kappa shape index (κ2) is 7.58. The Kier molecular flexibility index (Phi) is 5.77. The number of hydrogen-bond acceptors (Lipinski definition) is 3. The fourth-order valence-electron chi connectivity index (χ4n) is 3.06. The quantitative estimate of drug-likeness (QED) is 0.833. The number of hydrogen-bond donors (Lipinski definition) is 1. The summed E-state index contributed by atoms with van der Waals surface area (Å²) in [6.07, 6.45) is 9.52. The van der Waals surface area contributed by atoms with Gasteiger partial charge in [-0.05, 0) is 32.4 Å². The molecular formula is C16H27N3O. The van der Waals surface area contributed by atoms with Crippen molar-refractivity contribution in [3.05, 3.63) is 18.0 Å². The van der Waals surface area contributed by atoms with Gasteiger partial charge in [-0.3, -0.25) is 9.48 Å². The van der Waals surface area contributed by atoms with Crippen LogP contribution in [0.1, 0.15) is 64.1 Å². The van der Waals surface area contributed by atoms with Crippen molar-refractivity contribution < 1.29 is 4.79 Å². The van der Waals surface area contributed by atoms with E-state index in [4.69, 9.17) is 0 Å². The molecule has 0 bridgehead atoms. The van der Waals surface area contributed by atoms with Crippen LogP contribution in [0.2, 0.25) is 0 Å². The zero-order valence-corrected chi connectivity index (χ0v) is 12.8. The molecule has 0 spiro atoms. The van der Waals surface area contributed by atoms with E-state index in [9.17, 15) is 4.79 Å². The molecule has 0 amide bonds. The Balaban J connectivity index is 1.84. The molecule has 1 atom stereocenters. The molecule has 1 aliphatic carbocycles. The third-order valence-corrected chi connectivity index (χ3v) is 4.08. The predicted octanol–water partition coefficient (Wildman–Crippen LogP) is 2.89. The minimum atomic E-state index is 0.257. The molecule has 1 unspecified atom stereocenters. The molecule has 4 heteroatoms. The Morgan fingerprint density at radius 2 is 2.20 bits per heavy atom. The minimum Gasteiger partial charge on any atom is -0.314 e. The molecule has 1 N–H and O–H groups in total. The molecule has 1 aromatic rings. The maximum Gasteiger partial charge on any atom is 0.140 e. The van der Waals surface area contributed by atoms with Crippen LogP contribution in [0.3, 0.4) is 0 Å². The molecular weight excluding hydrogens is 250 g/mol. The topological polar surface area (TPSA) is 46.9 Å². The molecule has 0 radical (unpaired) electrons. The number of rotatable bonds is 7. The van der Waals surface area contributed by atoms with E-state index in [-0.39, 0.29) is 11.8 Å². The highest BCUT2D eigenvalue weighted by Gasteiger charge is 2.17. The van der Waals surface area contributed by atoms with Crippen molar-refractivity contribution in [1.29, 1.82) is 0 Å². The van der Waals surface area contributed by atoms with Crippen molar-refractivity contribution in [2.75, 3.05) is 6.54 Å². The zero-order valence-electron chi connectivity index (χ0n) is 12.8. The van der Waals surface area contributed by atoms with E-state index in [1.54, 1.807) is 0 Å². The summed E-state index contributed by atoms with van der Waals surface area (Å²) >= 11 is 0. The fourth-order valence-corrected chi connectivity index (χ4v) is 3.06. The molecule has 1 heterocycles. The molecule has 1 fully saturated rings. The molecule has 112 valence electrons. The highest BCUT2D eigenvalue weighted by Crippen LogP contribution is 2.27. The van der Waals surface area contributed by atoms with E-state index in [1.807, 2.05) is 12.3 Å². The number of aromatic nitrogens is 2. The van der Waals surface area contributed by atoms with E-state index in [0.29, 0.717) is 18.9 Å². The Morgan fingerprint density at radius 3 is 2.90 bits per heavy atom. The van der Waals surface area contributed by atoms with E-state index >= 15 is 0 Å². The number of carbonyl (C=O) groups excluding carboxylic acids is 1. The maximum absolute atomic E-state index is 12.0. The van der Waals surface area contributed by atoms with Gasteiger partial charge in [-0.1, -0.05) is 26.2 Å².